The minimum atomic E-state index is -0.329. The van der Waals surface area contributed by atoms with Crippen molar-refractivity contribution in [1.29, 1.82) is 0 Å². The van der Waals surface area contributed by atoms with Crippen molar-refractivity contribution in [2.75, 3.05) is 0 Å². The summed E-state index contributed by atoms with van der Waals surface area (Å²) in [4.78, 5) is 12.3. The van der Waals surface area contributed by atoms with Crippen LogP contribution in [0.4, 0.5) is 4.39 Å². The molecule has 0 aliphatic heterocycles. The smallest absolute Gasteiger partial charge is 0.274 e. The van der Waals surface area contributed by atoms with Crippen molar-refractivity contribution in [3.8, 4) is 5.69 Å². The second kappa shape index (κ2) is 4.44. The molecule has 1 heterocycles. The van der Waals surface area contributed by atoms with Crippen LogP contribution in [0.3, 0.4) is 0 Å². The Kier molecular flexibility index (Phi) is 2.78. The summed E-state index contributed by atoms with van der Waals surface area (Å²) in [5.41, 5.74) is 2.42. The number of nitrogens with zero attached hydrogens (tertiary/aromatic N) is 1. The summed E-state index contributed by atoms with van der Waals surface area (Å²) in [5.74, 6) is -0.329. The molecule has 0 saturated heterocycles. The molecule has 0 unspecified atom stereocenters. The maximum absolute atomic E-state index is 13.2. The zero-order chi connectivity index (χ0) is 12.5. The number of nitrogens with one attached hydrogen (secondary N) is 1. The van der Waals surface area contributed by atoms with E-state index in [-0.39, 0.29) is 11.4 Å². The van der Waals surface area contributed by atoms with E-state index in [0.29, 0.717) is 5.69 Å². The predicted molar refractivity (Wildman–Crippen MR) is 67.6 cm³/mol. The Bertz CT molecular complexity index is 627. The van der Waals surface area contributed by atoms with Crippen LogP contribution < -0.4 is 5.56 Å². The summed E-state index contributed by atoms with van der Waals surface area (Å²) in [6.45, 7) is 0. The van der Waals surface area contributed by atoms with Gasteiger partial charge in [-0.1, -0.05) is 12.5 Å². The predicted octanol–water partition coefficient (Wildman–Crippen LogP) is 2.57. The summed E-state index contributed by atoms with van der Waals surface area (Å²) in [7, 11) is 0. The lowest BCUT2D eigenvalue weighted by Crippen LogP contribution is -2.17. The van der Waals surface area contributed by atoms with Gasteiger partial charge in [-0.3, -0.25) is 9.89 Å². The van der Waals surface area contributed by atoms with Gasteiger partial charge in [0.15, 0.2) is 0 Å². The van der Waals surface area contributed by atoms with Gasteiger partial charge in [-0.25, -0.2) is 9.07 Å². The van der Waals surface area contributed by atoms with Crippen LogP contribution in [-0.2, 0) is 12.8 Å². The van der Waals surface area contributed by atoms with E-state index in [2.05, 4.69) is 5.10 Å². The first-order valence-electron chi connectivity index (χ1n) is 6.34. The topological polar surface area (TPSA) is 37.8 Å². The minimum Gasteiger partial charge on any atom is -0.295 e. The molecular formula is C14H15FN2O. The number of rotatable bonds is 1. The van der Waals surface area contributed by atoms with Gasteiger partial charge in [-0.05, 0) is 43.9 Å². The molecule has 1 aromatic heterocycles. The number of H-pyrrole nitrogens is 1. The Morgan fingerprint density at radius 2 is 2.00 bits per heavy atom. The molecule has 3 rings (SSSR count). The van der Waals surface area contributed by atoms with E-state index in [0.717, 1.165) is 36.9 Å². The van der Waals surface area contributed by atoms with Crippen LogP contribution in [0, 0.1) is 5.82 Å². The van der Waals surface area contributed by atoms with E-state index in [9.17, 15) is 9.18 Å². The molecule has 3 nitrogen and oxygen atoms in total. The van der Waals surface area contributed by atoms with Gasteiger partial charge in [0.2, 0.25) is 0 Å². The number of fused-ring (bicyclic) bond motifs is 1. The lowest BCUT2D eigenvalue weighted by Gasteiger charge is -2.02. The van der Waals surface area contributed by atoms with Crippen LogP contribution in [0.2, 0.25) is 0 Å². The number of hydrogen-bond donors (Lipinski definition) is 1. The summed E-state index contributed by atoms with van der Waals surface area (Å²) < 4.78 is 14.7. The standard InChI is InChI=1S/C14H15FN2O/c15-10-5-4-6-11(9-10)17-14(18)12-7-2-1-3-8-13(12)16-17/h4-6,9,16H,1-3,7-8H2. The Labute approximate surface area is 104 Å². The van der Waals surface area contributed by atoms with Crippen molar-refractivity contribution in [2.45, 2.75) is 32.1 Å². The van der Waals surface area contributed by atoms with Gasteiger partial charge in [-0.2, -0.15) is 0 Å². The second-order valence-electron chi connectivity index (χ2n) is 4.75. The van der Waals surface area contributed by atoms with Crippen molar-refractivity contribution in [1.82, 2.24) is 9.78 Å². The average Bonchev–Trinajstić information content (AvgIpc) is 2.55. The molecule has 1 aliphatic carbocycles. The van der Waals surface area contributed by atoms with Crippen molar-refractivity contribution in [2.24, 2.45) is 0 Å². The van der Waals surface area contributed by atoms with Crippen molar-refractivity contribution in [3.63, 3.8) is 0 Å². The van der Waals surface area contributed by atoms with Gasteiger partial charge < -0.3 is 0 Å². The van der Waals surface area contributed by atoms with E-state index in [1.807, 2.05) is 0 Å². The molecule has 2 aromatic rings. The monoisotopic (exact) mass is 246 g/mol. The molecule has 94 valence electrons. The Morgan fingerprint density at radius 1 is 1.17 bits per heavy atom. The Morgan fingerprint density at radius 3 is 2.83 bits per heavy atom. The highest BCUT2D eigenvalue weighted by molar-refractivity contribution is 5.33. The van der Waals surface area contributed by atoms with Crippen molar-refractivity contribution < 1.29 is 4.39 Å². The molecule has 0 saturated carbocycles. The molecule has 0 amide bonds. The van der Waals surface area contributed by atoms with Gasteiger partial charge in [0.1, 0.15) is 5.82 Å². The Hall–Kier alpha value is -1.84. The van der Waals surface area contributed by atoms with Gasteiger partial charge in [0.25, 0.3) is 5.56 Å². The van der Waals surface area contributed by atoms with Crippen LogP contribution in [-0.4, -0.2) is 9.78 Å². The molecular weight excluding hydrogens is 231 g/mol. The number of benzene rings is 1. The summed E-state index contributed by atoms with van der Waals surface area (Å²) >= 11 is 0. The molecule has 0 bridgehead atoms. The number of halogens is 1. The first kappa shape index (κ1) is 11.3. The average molecular weight is 246 g/mol. The largest absolute Gasteiger partial charge is 0.295 e. The normalized spacial score (nSPS) is 15.2. The molecule has 0 spiro atoms. The number of hydrogen-bond acceptors (Lipinski definition) is 1. The maximum Gasteiger partial charge on any atom is 0.274 e. The molecule has 0 radical (unpaired) electrons. The van der Waals surface area contributed by atoms with Crippen LogP contribution in [0.25, 0.3) is 5.69 Å². The fourth-order valence-corrected chi connectivity index (χ4v) is 2.56. The fourth-order valence-electron chi connectivity index (χ4n) is 2.56. The molecule has 18 heavy (non-hydrogen) atoms. The zero-order valence-electron chi connectivity index (χ0n) is 10.1. The van der Waals surface area contributed by atoms with Gasteiger partial charge >= 0.3 is 0 Å². The number of aryl methyl sites for hydroxylation is 1. The van der Waals surface area contributed by atoms with E-state index >= 15 is 0 Å². The molecule has 1 N–H and O–H groups in total. The third-order valence-corrected chi connectivity index (χ3v) is 3.49. The van der Waals surface area contributed by atoms with E-state index < -0.39 is 0 Å². The quantitative estimate of drug-likeness (QED) is 0.771. The molecule has 1 aromatic carbocycles. The highest BCUT2D eigenvalue weighted by atomic mass is 19.1. The third-order valence-electron chi connectivity index (χ3n) is 3.49. The molecule has 0 atom stereocenters. The minimum absolute atomic E-state index is 0.0301. The molecule has 1 aliphatic rings. The summed E-state index contributed by atoms with van der Waals surface area (Å²) in [6.07, 6.45) is 5.07. The highest BCUT2D eigenvalue weighted by Crippen LogP contribution is 2.17. The van der Waals surface area contributed by atoms with Crippen LogP contribution in [0.5, 0.6) is 0 Å². The fraction of sp³-hybridized carbons (Fsp3) is 0.357. The second-order valence-corrected chi connectivity index (χ2v) is 4.75. The Balaban J connectivity index is 2.11. The van der Waals surface area contributed by atoms with Gasteiger partial charge in [0, 0.05) is 11.3 Å². The van der Waals surface area contributed by atoms with Crippen LogP contribution >= 0.6 is 0 Å². The highest BCUT2D eigenvalue weighted by Gasteiger charge is 2.17. The third kappa shape index (κ3) is 1.88. The number of aromatic amines is 1. The SMILES string of the molecule is O=c1c2c([nH]n1-c1cccc(F)c1)CCCCC2. The summed E-state index contributed by atoms with van der Waals surface area (Å²) in [5, 5.41) is 3.12. The van der Waals surface area contributed by atoms with Gasteiger partial charge in [-0.15, -0.1) is 0 Å². The first-order valence-corrected chi connectivity index (χ1v) is 6.34. The lowest BCUT2D eigenvalue weighted by atomic mass is 10.1. The van der Waals surface area contributed by atoms with E-state index in [1.54, 1.807) is 12.1 Å². The van der Waals surface area contributed by atoms with Crippen LogP contribution in [0.1, 0.15) is 30.5 Å². The molecule has 4 heteroatoms. The van der Waals surface area contributed by atoms with Crippen molar-refractivity contribution >= 4 is 0 Å². The molecule has 0 fully saturated rings. The number of aromatic nitrogens is 2. The zero-order valence-corrected chi connectivity index (χ0v) is 10.1. The lowest BCUT2D eigenvalue weighted by molar-refractivity contribution is 0.624. The summed E-state index contributed by atoms with van der Waals surface area (Å²) in [6, 6.07) is 6.10. The first-order chi connectivity index (χ1) is 8.75. The van der Waals surface area contributed by atoms with Gasteiger partial charge in [0.05, 0.1) is 5.69 Å². The van der Waals surface area contributed by atoms with E-state index in [4.69, 9.17) is 0 Å². The maximum atomic E-state index is 13.2. The van der Waals surface area contributed by atoms with Crippen LogP contribution in [0.15, 0.2) is 29.1 Å². The van der Waals surface area contributed by atoms with Crippen molar-refractivity contribution in [3.05, 3.63) is 51.7 Å². The van der Waals surface area contributed by atoms with E-state index in [1.165, 1.54) is 23.2 Å².